The lowest BCUT2D eigenvalue weighted by Crippen LogP contribution is -2.57. The van der Waals surface area contributed by atoms with Crippen LogP contribution in [0.4, 0.5) is 28.1 Å². The first-order chi connectivity index (χ1) is 68.5. The van der Waals surface area contributed by atoms with Crippen molar-refractivity contribution in [1.82, 2.24) is 77.9 Å². The van der Waals surface area contributed by atoms with Gasteiger partial charge >= 0.3 is 56.7 Å². The molecule has 144 heavy (non-hydrogen) atoms. The van der Waals surface area contributed by atoms with Crippen LogP contribution in [0.2, 0.25) is 0 Å². The molecule has 7 aromatic heterocycles. The smallest absolute Gasteiger partial charge is 0.351 e. The first-order valence-electron chi connectivity index (χ1n) is 44.3. The molecule has 7 aliphatic heterocycles. The zero-order chi connectivity index (χ0) is 104. The molecule has 6 saturated heterocycles. The Morgan fingerprint density at radius 1 is 0.424 bits per heavy atom. The number of aromatic amines is 1. The van der Waals surface area contributed by atoms with Gasteiger partial charge in [0.15, 0.2) is 54.1 Å². The number of nitrogens with two attached hydrogens (primary N) is 5. The Bertz CT molecular complexity index is 6170. The summed E-state index contributed by atoms with van der Waals surface area (Å²) in [7, 11) is 6.91. The molecular formula is C76H114N21O37P5S5. The number of aromatic nitrogens is 14. The van der Waals surface area contributed by atoms with Gasteiger partial charge in [0, 0.05) is 83.5 Å². The van der Waals surface area contributed by atoms with E-state index in [2.05, 4.69) is 50.2 Å². The number of aliphatic hydroxyl groups excluding tert-OH is 1. The lowest BCUT2D eigenvalue weighted by Gasteiger charge is -2.35. The molecule has 6 fully saturated rings. The highest BCUT2D eigenvalue weighted by atomic mass is 32.5. The quantitative estimate of drug-likeness (QED) is 0.0158. The predicted molar refractivity (Wildman–Crippen MR) is 517 cm³/mol. The summed E-state index contributed by atoms with van der Waals surface area (Å²) in [6.45, 7) is -22.0. The number of nitrogens with zero attached hydrogens (tertiary/aromatic N) is 14. The van der Waals surface area contributed by atoms with Crippen LogP contribution in [-0.2, 0) is 180 Å². The monoisotopic (exact) mass is 2230 g/mol. The minimum Gasteiger partial charge on any atom is -0.387 e. The number of hydrogen-bond acceptors (Lipinski definition) is 50. The number of hydrogen-bond donors (Lipinski definition) is 13. The molecule has 12 unspecified atom stereocenters. The van der Waals surface area contributed by atoms with E-state index >= 15 is 0 Å². The average Bonchev–Trinajstić information content (AvgIpc) is 1.61. The molecule has 800 valence electrons. The van der Waals surface area contributed by atoms with Crippen molar-refractivity contribution < 1.29 is 155 Å². The fourth-order valence-electron chi connectivity index (χ4n) is 16.5. The largest absolute Gasteiger partial charge is 0.387 e. The number of rotatable bonds is 52. The third kappa shape index (κ3) is 27.0. The van der Waals surface area contributed by atoms with E-state index in [1.54, 1.807) is 18.4 Å². The molecule has 0 radical (unpaired) electrons. The van der Waals surface area contributed by atoms with Crippen molar-refractivity contribution in [3.63, 3.8) is 0 Å². The maximum atomic E-state index is 14.2. The maximum Gasteiger partial charge on any atom is 0.351 e. The first-order valence-corrected chi connectivity index (χ1v) is 57.3. The zero-order valence-corrected chi connectivity index (χ0v) is 87.3. The molecule has 14 rings (SSSR count). The highest BCUT2D eigenvalue weighted by Crippen LogP contribution is 2.58. The zero-order valence-electron chi connectivity index (χ0n) is 78.8. The van der Waals surface area contributed by atoms with Gasteiger partial charge in [-0.15, -0.1) is 0 Å². The number of carbonyl (C=O) groups is 1. The van der Waals surface area contributed by atoms with Crippen molar-refractivity contribution in [2.75, 3.05) is 158 Å². The van der Waals surface area contributed by atoms with Crippen LogP contribution in [0, 0.1) is 20.8 Å². The van der Waals surface area contributed by atoms with Crippen LogP contribution in [0.5, 0.6) is 0 Å². The molecule has 18 N–H and O–H groups in total. The van der Waals surface area contributed by atoms with E-state index in [1.807, 2.05) is 6.92 Å². The molecule has 29 atom stereocenters. The lowest BCUT2D eigenvalue weighted by atomic mass is 10.1. The molecule has 7 aliphatic rings. The Morgan fingerprint density at radius 3 is 1.20 bits per heavy atom. The Morgan fingerprint density at radius 2 is 0.778 bits per heavy atom. The number of imidazole rings is 2. The summed E-state index contributed by atoms with van der Waals surface area (Å²) in [4.78, 5) is 168. The Kier molecular flexibility index (Phi) is 38.9. The molecule has 68 heteroatoms. The number of aryl methyl sites for hydroxylation is 3. The van der Waals surface area contributed by atoms with Gasteiger partial charge in [-0.2, -0.15) is 9.97 Å². The van der Waals surface area contributed by atoms with Gasteiger partial charge in [0.25, 0.3) is 5.56 Å². The summed E-state index contributed by atoms with van der Waals surface area (Å²) in [5, 5.41) is 14.4. The number of anilines is 4. The average molecular weight is 2230 g/mol. The van der Waals surface area contributed by atoms with Gasteiger partial charge in [-0.05, 0) is 98.7 Å². The number of carbonyl (C=O) groups excluding carboxylic acids is 1. The van der Waals surface area contributed by atoms with Crippen molar-refractivity contribution >= 4 is 144 Å². The van der Waals surface area contributed by atoms with Crippen LogP contribution in [-0.4, -0.2) is 359 Å². The molecule has 14 heterocycles. The highest BCUT2D eigenvalue weighted by molar-refractivity contribution is 8.08. The lowest BCUT2D eigenvalue weighted by molar-refractivity contribution is -0.0906. The summed E-state index contributed by atoms with van der Waals surface area (Å²) in [6.07, 6.45) is -24.1. The van der Waals surface area contributed by atoms with Gasteiger partial charge in [0.1, 0.15) is 139 Å². The molecule has 0 bridgehead atoms. The summed E-state index contributed by atoms with van der Waals surface area (Å²) >= 11 is 29.1. The van der Waals surface area contributed by atoms with E-state index in [4.69, 9.17) is 209 Å². The number of nitrogens with one attached hydrogen (secondary N) is 2. The van der Waals surface area contributed by atoms with Gasteiger partial charge in [-0.25, -0.2) is 49.1 Å². The van der Waals surface area contributed by atoms with Gasteiger partial charge < -0.3 is 166 Å². The van der Waals surface area contributed by atoms with Crippen molar-refractivity contribution in [2.24, 2.45) is 5.73 Å². The van der Waals surface area contributed by atoms with Gasteiger partial charge in [0.2, 0.25) is 0 Å². The molecule has 0 aliphatic carbocycles. The fraction of sp³-hybridized carbons (Fsp3) is 0.671. The number of fused-ring (bicyclic) bond motifs is 2. The summed E-state index contributed by atoms with van der Waals surface area (Å²) in [6, 6.07) is -0.819. The number of urea groups is 1. The second-order valence-electron chi connectivity index (χ2n) is 33.3. The van der Waals surface area contributed by atoms with E-state index in [0.717, 1.165) is 24.8 Å². The third-order valence-electron chi connectivity index (χ3n) is 23.6. The summed E-state index contributed by atoms with van der Waals surface area (Å²) < 4.78 is 166. The Balaban J connectivity index is 0.749. The number of nitrogen functional groups attached to an aromatic ring is 4. The fourth-order valence-corrected chi connectivity index (χ4v) is 23.7. The molecule has 0 spiro atoms. The van der Waals surface area contributed by atoms with Crippen molar-refractivity contribution in [3.8, 4) is 0 Å². The number of methoxy groups -OCH3 is 5. The van der Waals surface area contributed by atoms with Crippen LogP contribution < -0.4 is 56.6 Å². The van der Waals surface area contributed by atoms with E-state index in [9.17, 15) is 53.5 Å². The van der Waals surface area contributed by atoms with Crippen molar-refractivity contribution in [3.05, 3.63) is 114 Å². The molecule has 7 aromatic rings. The maximum absolute atomic E-state index is 14.2. The van der Waals surface area contributed by atoms with Gasteiger partial charge in [-0.1, -0.05) is 6.92 Å². The molecule has 58 nitrogen and oxygen atoms in total. The molecule has 0 aromatic carbocycles. The standard InChI is InChI=1S/C76H114N21O37P5S5/c1-11-40-41(22-47(124-40)96-34-86-48-63(80)82-32-84-65(48)96)130-135(104,140)120-28-46-54(59(118-21-16-113-10)72(129-46)97-35-87-49-64(81)83-33-85-66(49)97)134-139(108,144)123-31-45-53(58(117-20-15-112-9)71(128-45)95-26-39(5)67(99)91-76(95)103)133-138(107,143)122-30-44-52(57(116-19-14-111-8)70(127-44)94-25-38(4)62(79)90-75(94)102)132-137(106,142)121-29-43-51(56(115-18-13-110-7)69(126-43)93-24-37(3)61(78)89-74(93)101)131-136(105,141)119-27-42-50(98)55(114-17-12-109-6)68(125-42)92-23-36(2)60(77)88-73(92)100/h23-26,32-35,40-47,50-59,61,68-72,98H,11-22,27-31,78H2,1-10H3,(H,89,101)(H,104,140)(H,105,141)(H,106,142)(H,107,143)(H,108,144)(H2,77,88,100)(H2,79,90,102)(H2,80,82,84)(H2,81,83,85)(H,91,99,103)/t40-,41?,42-,43-,44-,45-,46-,47-,50?,51?,52?,53?,54?,55+,56+,57+,58+,59+,61?,68-,69-,70-,71-,72-,135?,136?,137?,138?,139?/m1/s1. The topological polar surface area (TPSA) is 736 Å². The van der Waals surface area contributed by atoms with E-state index in [1.165, 1.54) is 97.9 Å². The second kappa shape index (κ2) is 49.4. The number of ether oxygens (including phenoxy) is 16. The molecule has 2 amide bonds. The van der Waals surface area contributed by atoms with Crippen LogP contribution in [0.3, 0.4) is 0 Å². The van der Waals surface area contributed by atoms with E-state index in [-0.39, 0.29) is 118 Å². The van der Waals surface area contributed by atoms with E-state index < -0.39 is 243 Å². The number of amides is 2. The highest BCUT2D eigenvalue weighted by Gasteiger charge is 2.59. The van der Waals surface area contributed by atoms with Gasteiger partial charge in [-0.3, -0.25) is 55.6 Å². The predicted octanol–water partition coefficient (Wildman–Crippen LogP) is -1.18. The van der Waals surface area contributed by atoms with Crippen molar-refractivity contribution in [2.45, 2.75) is 195 Å². The van der Waals surface area contributed by atoms with E-state index in [0.29, 0.717) is 28.7 Å². The minimum atomic E-state index is -5.06. The number of H-pyrrole nitrogens is 1. The second-order valence-corrected chi connectivity index (χ2v) is 47.3. The number of aliphatic hydroxyl groups is 1. The minimum absolute atomic E-state index is 0.0154. The van der Waals surface area contributed by atoms with Crippen LogP contribution in [0.25, 0.3) is 22.3 Å². The van der Waals surface area contributed by atoms with Crippen LogP contribution in [0.15, 0.2) is 74.9 Å². The Labute approximate surface area is 845 Å². The first kappa shape index (κ1) is 113. The van der Waals surface area contributed by atoms with Crippen LogP contribution in [0.1, 0.15) is 74.5 Å². The van der Waals surface area contributed by atoms with Gasteiger partial charge in [0.05, 0.1) is 124 Å². The summed E-state index contributed by atoms with van der Waals surface area (Å²) in [5.41, 5.74) is 29.0. The van der Waals surface area contributed by atoms with Crippen LogP contribution >= 0.6 is 33.6 Å². The SMILES string of the molecule is CC[C@H]1O[C@@H](n2cnc3c(N)ncnc32)CC1OP(O)(=S)OC[C@H]1O[C@@H](n2cnc3c(N)ncnc32)[C@@H](OCCOC)C1OP(O)(=S)OC[C@H]1O[C@@H](n2cc(C)c(=O)[nH]c2=O)[C@@H](OCCOC)C1OP(O)(=S)OC[C@H]1O[C@@H](n2cc(C)c(N)nc2=O)[C@@H](OCCOC)C1OP(O)(=S)OC[C@H]1O[C@@H](N2C=C(C)C(N)NC2=O)[C@@H](OCCOC)C1OP(O)(=S)OC[C@H]1O[C@@H](n2cc(C)c(N)nc2=O)[C@@H](OCCOC)C1O. The Hall–Kier alpha value is -6.32. The van der Waals surface area contributed by atoms with Crippen molar-refractivity contribution in [1.29, 1.82) is 0 Å². The summed E-state index contributed by atoms with van der Waals surface area (Å²) in [5.74, 6) is -0.133. The normalized spacial score (nSPS) is 30.4. The molecule has 0 saturated carbocycles. The molecular weight excluding hydrogens is 2110 g/mol. The third-order valence-corrected chi connectivity index (χ3v) is 31.4.